The van der Waals surface area contributed by atoms with Gasteiger partial charge in [-0.1, -0.05) is 39.0 Å². The van der Waals surface area contributed by atoms with Gasteiger partial charge in [-0.25, -0.2) is 14.1 Å². The van der Waals surface area contributed by atoms with Crippen LogP contribution < -0.4 is 45.9 Å². The fourth-order valence-corrected chi connectivity index (χ4v) is 5.32. The smallest absolute Gasteiger partial charge is 1.00 e. The Hall–Kier alpha value is -2.31. The van der Waals surface area contributed by atoms with E-state index in [-0.39, 0.29) is 59.2 Å². The molecule has 2 saturated heterocycles. The van der Waals surface area contributed by atoms with Gasteiger partial charge < -0.3 is 22.7 Å². The van der Waals surface area contributed by atoms with Crippen molar-refractivity contribution in [1.82, 2.24) is 29.7 Å². The first-order chi connectivity index (χ1) is 17.9. The van der Waals surface area contributed by atoms with Crippen LogP contribution in [0.3, 0.4) is 0 Å². The number of urea groups is 1. The molecule has 39 heavy (non-hydrogen) atoms. The van der Waals surface area contributed by atoms with Crippen molar-refractivity contribution in [1.29, 1.82) is 0 Å². The summed E-state index contributed by atoms with van der Waals surface area (Å²) >= 11 is 0.977. The first-order valence-electron chi connectivity index (χ1n) is 12.2. The van der Waals surface area contributed by atoms with Crippen molar-refractivity contribution in [2.45, 2.75) is 57.5 Å². The monoisotopic (exact) mass is 597 g/mol. The number of aromatic nitrogens is 1. The SMILES string of the molecule is CCCCCCCCN1CCN(C(=O)NC(C(=O)NC2CN(S(=O)(=O)O)C2=O)c2csc(N)n2)C(=O)C1=O.[H-].[Na+]. The summed E-state index contributed by atoms with van der Waals surface area (Å²) in [6.45, 7) is 2.10. The zero-order chi connectivity index (χ0) is 28.0. The van der Waals surface area contributed by atoms with E-state index in [1.54, 1.807) is 0 Å². The molecule has 2 fully saturated rings. The molecule has 1 aromatic heterocycles. The average molecular weight is 598 g/mol. The number of hydrogen-bond acceptors (Lipinski definition) is 10. The van der Waals surface area contributed by atoms with Crippen LogP contribution in [0, 0.1) is 0 Å². The number of anilines is 1. The summed E-state index contributed by atoms with van der Waals surface area (Å²) in [5, 5.41) is 6.09. The van der Waals surface area contributed by atoms with Crippen molar-refractivity contribution in [3.05, 3.63) is 11.1 Å². The zero-order valence-electron chi connectivity index (χ0n) is 22.8. The number of hydrogen-bond donors (Lipinski definition) is 4. The molecule has 0 radical (unpaired) electrons. The normalized spacial score (nSPS) is 18.4. The van der Waals surface area contributed by atoms with Gasteiger partial charge in [0.05, 0.1) is 12.2 Å². The third-order valence-electron chi connectivity index (χ3n) is 6.19. The molecule has 2 aliphatic heterocycles. The number of unbranched alkanes of at least 4 members (excludes halogenated alkanes) is 5. The van der Waals surface area contributed by atoms with Gasteiger partial charge in [0.15, 0.2) is 11.2 Å². The average Bonchev–Trinajstić information content (AvgIpc) is 3.29. The molecule has 212 valence electrons. The van der Waals surface area contributed by atoms with E-state index < -0.39 is 58.6 Å². The number of carbonyl (C=O) groups excluding carboxylic acids is 5. The van der Waals surface area contributed by atoms with Crippen LogP contribution in [0.5, 0.6) is 0 Å². The van der Waals surface area contributed by atoms with Crippen molar-refractivity contribution in [2.24, 2.45) is 0 Å². The van der Waals surface area contributed by atoms with Gasteiger partial charge in [0.2, 0.25) is 5.91 Å². The van der Waals surface area contributed by atoms with Crippen LogP contribution in [-0.2, 0) is 29.5 Å². The minimum atomic E-state index is -4.76. The second kappa shape index (κ2) is 14.4. The Balaban J connectivity index is 0.00000400. The minimum absolute atomic E-state index is 0. The topological polar surface area (TPSA) is 212 Å². The number of imide groups is 1. The standard InChI is InChI=1S/C21H31N7O8S2.Na.H/c1-2-3-4-5-6-7-8-26-9-10-27(19(32)18(26)31)21(33)25-15(14-12-37-20(22)24-14)16(29)23-13-11-28(17(13)30)38(34,35)36;;/h12-13,15H,2-11H2,1H3,(H2,22,24)(H,23,29)(H,25,33)(H,34,35,36);;/q;+1;-1. The van der Waals surface area contributed by atoms with E-state index in [9.17, 15) is 32.4 Å². The van der Waals surface area contributed by atoms with Crippen LogP contribution in [-0.4, -0.2) is 93.9 Å². The van der Waals surface area contributed by atoms with Gasteiger partial charge in [0.25, 0.3) is 5.91 Å². The number of piperazine rings is 1. The van der Waals surface area contributed by atoms with E-state index in [4.69, 9.17) is 10.3 Å². The molecular formula is C21H32N7NaO8S2. The Morgan fingerprint density at radius 2 is 1.85 bits per heavy atom. The number of nitrogens with two attached hydrogens (primary N) is 1. The van der Waals surface area contributed by atoms with Crippen molar-refractivity contribution in [3.8, 4) is 0 Å². The first kappa shape index (κ1) is 32.9. The molecule has 1 aromatic rings. The molecule has 15 nitrogen and oxygen atoms in total. The molecule has 0 aliphatic carbocycles. The number of rotatable bonds is 12. The van der Waals surface area contributed by atoms with Crippen LogP contribution in [0.4, 0.5) is 9.93 Å². The number of thiazole rings is 1. The van der Waals surface area contributed by atoms with Crippen LogP contribution in [0.15, 0.2) is 5.38 Å². The van der Waals surface area contributed by atoms with Gasteiger partial charge in [0.1, 0.15) is 6.04 Å². The molecule has 2 atom stereocenters. The van der Waals surface area contributed by atoms with Crippen LogP contribution in [0.2, 0.25) is 0 Å². The summed E-state index contributed by atoms with van der Waals surface area (Å²) in [4.78, 5) is 69.1. The van der Waals surface area contributed by atoms with Crippen molar-refractivity contribution >= 4 is 56.4 Å². The molecule has 0 aromatic carbocycles. The molecule has 3 heterocycles. The maximum absolute atomic E-state index is 12.9. The van der Waals surface area contributed by atoms with Gasteiger partial charge in [-0.3, -0.25) is 28.6 Å². The quantitative estimate of drug-likeness (QED) is 0.0621. The summed E-state index contributed by atoms with van der Waals surface area (Å²) < 4.78 is 31.4. The Bertz CT molecular complexity index is 1200. The zero-order valence-corrected chi connectivity index (χ0v) is 25.4. The van der Waals surface area contributed by atoms with Gasteiger partial charge >= 0.3 is 57.7 Å². The minimum Gasteiger partial charge on any atom is -1.00 e. The molecular weight excluding hydrogens is 565 g/mol. The van der Waals surface area contributed by atoms with E-state index >= 15 is 0 Å². The molecule has 2 aliphatic rings. The van der Waals surface area contributed by atoms with E-state index in [0.717, 1.165) is 49.9 Å². The van der Waals surface area contributed by atoms with Gasteiger partial charge in [-0.05, 0) is 6.42 Å². The van der Waals surface area contributed by atoms with E-state index in [1.165, 1.54) is 10.3 Å². The maximum Gasteiger partial charge on any atom is 1.00 e. The summed E-state index contributed by atoms with van der Waals surface area (Å²) in [6.07, 6.45) is 6.12. The first-order valence-corrected chi connectivity index (χ1v) is 14.4. The molecule has 3 rings (SSSR count). The van der Waals surface area contributed by atoms with Gasteiger partial charge in [0, 0.05) is 25.0 Å². The fraction of sp³-hybridized carbons (Fsp3) is 0.619. The van der Waals surface area contributed by atoms with Crippen molar-refractivity contribution in [3.63, 3.8) is 0 Å². The summed E-state index contributed by atoms with van der Waals surface area (Å²) in [7, 11) is -4.76. The summed E-state index contributed by atoms with van der Waals surface area (Å²) in [5.74, 6) is -3.85. The predicted molar refractivity (Wildman–Crippen MR) is 136 cm³/mol. The van der Waals surface area contributed by atoms with E-state index in [2.05, 4.69) is 22.5 Å². The predicted octanol–water partition coefficient (Wildman–Crippen LogP) is -3.25. The Morgan fingerprint density at radius 3 is 2.44 bits per heavy atom. The molecule has 0 saturated carbocycles. The van der Waals surface area contributed by atoms with E-state index in [1.807, 2.05) is 0 Å². The van der Waals surface area contributed by atoms with Gasteiger partial charge in [-0.15, -0.1) is 11.3 Å². The summed E-state index contributed by atoms with van der Waals surface area (Å²) in [6, 6.07) is -3.80. The second-order valence-electron chi connectivity index (χ2n) is 8.92. The molecule has 0 spiro atoms. The molecule has 5 N–H and O–H groups in total. The molecule has 0 bridgehead atoms. The van der Waals surface area contributed by atoms with Crippen molar-refractivity contribution in [2.75, 3.05) is 31.9 Å². The maximum atomic E-state index is 12.9. The van der Waals surface area contributed by atoms with Crippen LogP contribution in [0.1, 0.15) is 58.6 Å². The Labute approximate surface area is 253 Å². The number of nitrogens with one attached hydrogen (secondary N) is 2. The molecule has 18 heteroatoms. The van der Waals surface area contributed by atoms with Gasteiger partial charge in [-0.2, -0.15) is 8.42 Å². The molecule has 6 amide bonds. The molecule has 2 unspecified atom stereocenters. The number of nitrogen functional groups attached to an aromatic ring is 1. The Morgan fingerprint density at radius 1 is 1.18 bits per heavy atom. The number of amides is 6. The number of nitrogens with zero attached hydrogens (tertiary/aromatic N) is 4. The van der Waals surface area contributed by atoms with Crippen LogP contribution in [0.25, 0.3) is 0 Å². The largest absolute Gasteiger partial charge is 1.00 e. The number of β-lactam (4-membered cyclic amide) rings is 1. The number of carbonyl (C=O) groups is 5. The Kier molecular flexibility index (Phi) is 12.1. The van der Waals surface area contributed by atoms with Crippen LogP contribution >= 0.6 is 11.3 Å². The summed E-state index contributed by atoms with van der Waals surface area (Å²) in [5.41, 5.74) is 5.65. The third-order valence-corrected chi connectivity index (χ3v) is 7.77. The third kappa shape index (κ3) is 8.34. The van der Waals surface area contributed by atoms with E-state index in [0.29, 0.717) is 11.4 Å². The second-order valence-corrected chi connectivity index (χ2v) is 11.1. The van der Waals surface area contributed by atoms with Crippen molar-refractivity contribution < 1.29 is 67.9 Å². The fourth-order valence-electron chi connectivity index (χ4n) is 4.04.